The van der Waals surface area contributed by atoms with Gasteiger partial charge in [-0.25, -0.2) is 0 Å². The Kier molecular flexibility index (Phi) is 5.09. The Balaban J connectivity index is 1.91. The summed E-state index contributed by atoms with van der Waals surface area (Å²) < 4.78 is 16.0. The van der Waals surface area contributed by atoms with E-state index in [-0.39, 0.29) is 12.4 Å². The van der Waals surface area contributed by atoms with E-state index in [9.17, 15) is 10.1 Å². The molecule has 1 amide bonds. The van der Waals surface area contributed by atoms with Gasteiger partial charge in [0, 0.05) is 17.3 Å². The molecule has 0 bridgehead atoms. The molecule has 0 saturated carbocycles. The SMILES string of the molecule is CCc1ccccc1NC(=O)/C(C#N)=C/c1cc2c(cc1OC)OCO2. The first kappa shape index (κ1) is 17.4. The molecule has 1 aliphatic rings. The first-order valence-corrected chi connectivity index (χ1v) is 8.15. The molecular formula is C20H18N2O4. The maximum atomic E-state index is 12.6. The van der Waals surface area contributed by atoms with Gasteiger partial charge >= 0.3 is 0 Å². The third-order valence-electron chi connectivity index (χ3n) is 4.04. The van der Waals surface area contributed by atoms with Crippen molar-refractivity contribution in [3.8, 4) is 23.3 Å². The van der Waals surface area contributed by atoms with E-state index in [1.807, 2.05) is 37.3 Å². The smallest absolute Gasteiger partial charge is 0.266 e. The molecule has 0 saturated heterocycles. The van der Waals surface area contributed by atoms with Crippen molar-refractivity contribution >= 4 is 17.7 Å². The predicted octanol–water partition coefficient (Wildman–Crippen LogP) is 3.53. The maximum absolute atomic E-state index is 12.6. The van der Waals surface area contributed by atoms with Crippen LogP contribution in [-0.4, -0.2) is 19.8 Å². The summed E-state index contributed by atoms with van der Waals surface area (Å²) in [4.78, 5) is 12.6. The second kappa shape index (κ2) is 7.62. The number of aryl methyl sites for hydroxylation is 1. The molecule has 132 valence electrons. The van der Waals surface area contributed by atoms with Crippen molar-refractivity contribution < 1.29 is 19.0 Å². The second-order valence-electron chi connectivity index (χ2n) is 5.58. The zero-order chi connectivity index (χ0) is 18.5. The Hall–Kier alpha value is -3.46. The Morgan fingerprint density at radius 1 is 1.31 bits per heavy atom. The monoisotopic (exact) mass is 350 g/mol. The summed E-state index contributed by atoms with van der Waals surface area (Å²) in [6.45, 7) is 2.13. The van der Waals surface area contributed by atoms with E-state index in [0.29, 0.717) is 28.5 Å². The average molecular weight is 350 g/mol. The van der Waals surface area contributed by atoms with Gasteiger partial charge in [0.1, 0.15) is 17.4 Å². The molecule has 0 spiro atoms. The van der Waals surface area contributed by atoms with Crippen LogP contribution < -0.4 is 19.5 Å². The van der Waals surface area contributed by atoms with Crippen molar-refractivity contribution in [1.29, 1.82) is 5.26 Å². The van der Waals surface area contributed by atoms with Crippen molar-refractivity contribution in [3.05, 3.63) is 53.1 Å². The van der Waals surface area contributed by atoms with E-state index in [0.717, 1.165) is 12.0 Å². The van der Waals surface area contributed by atoms with E-state index in [1.54, 1.807) is 12.1 Å². The van der Waals surface area contributed by atoms with Crippen LogP contribution in [0.4, 0.5) is 5.69 Å². The Labute approximate surface area is 151 Å². The first-order valence-electron chi connectivity index (χ1n) is 8.15. The third kappa shape index (κ3) is 3.47. The van der Waals surface area contributed by atoms with Crippen LogP contribution in [0, 0.1) is 11.3 Å². The molecule has 0 radical (unpaired) electrons. The minimum absolute atomic E-state index is 0.0342. The Bertz CT molecular complexity index is 913. The number of carbonyl (C=O) groups excluding carboxylic acids is 1. The molecule has 1 heterocycles. The highest BCUT2D eigenvalue weighted by atomic mass is 16.7. The molecular weight excluding hydrogens is 332 g/mol. The average Bonchev–Trinajstić information content (AvgIpc) is 3.12. The number of anilines is 1. The van der Waals surface area contributed by atoms with Crippen LogP contribution in [0.5, 0.6) is 17.2 Å². The summed E-state index contributed by atoms with van der Waals surface area (Å²) >= 11 is 0. The van der Waals surface area contributed by atoms with Crippen LogP contribution >= 0.6 is 0 Å². The van der Waals surface area contributed by atoms with E-state index < -0.39 is 5.91 Å². The second-order valence-corrected chi connectivity index (χ2v) is 5.58. The predicted molar refractivity (Wildman–Crippen MR) is 97.2 cm³/mol. The largest absolute Gasteiger partial charge is 0.496 e. The van der Waals surface area contributed by atoms with Gasteiger partial charge < -0.3 is 19.5 Å². The molecule has 1 aliphatic heterocycles. The quantitative estimate of drug-likeness (QED) is 0.659. The van der Waals surface area contributed by atoms with Crippen LogP contribution in [0.1, 0.15) is 18.1 Å². The molecule has 3 rings (SSSR count). The lowest BCUT2D eigenvalue weighted by atomic mass is 10.1. The molecule has 0 atom stereocenters. The fourth-order valence-electron chi connectivity index (χ4n) is 2.67. The molecule has 6 heteroatoms. The highest BCUT2D eigenvalue weighted by Crippen LogP contribution is 2.38. The number of nitrogens with zero attached hydrogens (tertiary/aromatic N) is 1. The topological polar surface area (TPSA) is 80.6 Å². The van der Waals surface area contributed by atoms with Gasteiger partial charge in [-0.2, -0.15) is 5.26 Å². The Morgan fingerprint density at radius 2 is 2.04 bits per heavy atom. The molecule has 0 aliphatic carbocycles. The Morgan fingerprint density at radius 3 is 2.73 bits per heavy atom. The van der Waals surface area contributed by atoms with Crippen molar-refractivity contribution in [2.45, 2.75) is 13.3 Å². The summed E-state index contributed by atoms with van der Waals surface area (Å²) in [5, 5.41) is 12.2. The lowest BCUT2D eigenvalue weighted by Gasteiger charge is -2.10. The lowest BCUT2D eigenvalue weighted by Crippen LogP contribution is -2.14. The molecule has 1 N–H and O–H groups in total. The third-order valence-corrected chi connectivity index (χ3v) is 4.04. The molecule has 2 aromatic carbocycles. The number of nitrogens with one attached hydrogen (secondary N) is 1. The number of benzene rings is 2. The van der Waals surface area contributed by atoms with Crippen LogP contribution in [-0.2, 0) is 11.2 Å². The fourth-order valence-corrected chi connectivity index (χ4v) is 2.67. The van der Waals surface area contributed by atoms with E-state index >= 15 is 0 Å². The molecule has 0 aromatic heterocycles. The molecule has 6 nitrogen and oxygen atoms in total. The number of amides is 1. The maximum Gasteiger partial charge on any atom is 0.266 e. The molecule has 2 aromatic rings. The first-order chi connectivity index (χ1) is 12.7. The summed E-state index contributed by atoms with van der Waals surface area (Å²) in [5.41, 5.74) is 2.22. The minimum atomic E-state index is -0.479. The van der Waals surface area contributed by atoms with Gasteiger partial charge in [-0.1, -0.05) is 25.1 Å². The minimum Gasteiger partial charge on any atom is -0.496 e. The molecule has 0 unspecified atom stereocenters. The van der Waals surface area contributed by atoms with Crippen LogP contribution in [0.25, 0.3) is 6.08 Å². The number of rotatable bonds is 5. The van der Waals surface area contributed by atoms with E-state index in [4.69, 9.17) is 14.2 Å². The number of carbonyl (C=O) groups is 1. The van der Waals surface area contributed by atoms with Crippen molar-refractivity contribution in [3.63, 3.8) is 0 Å². The number of fused-ring (bicyclic) bond motifs is 1. The van der Waals surface area contributed by atoms with Gasteiger partial charge in [0.05, 0.1) is 7.11 Å². The summed E-state index contributed by atoms with van der Waals surface area (Å²) in [7, 11) is 1.51. The van der Waals surface area contributed by atoms with E-state index in [2.05, 4.69) is 5.32 Å². The van der Waals surface area contributed by atoms with Crippen LogP contribution in [0.15, 0.2) is 42.0 Å². The molecule has 0 fully saturated rings. The van der Waals surface area contributed by atoms with Crippen molar-refractivity contribution in [2.24, 2.45) is 0 Å². The van der Waals surface area contributed by atoms with Gasteiger partial charge in [0.15, 0.2) is 11.5 Å². The zero-order valence-corrected chi connectivity index (χ0v) is 14.5. The molecule has 26 heavy (non-hydrogen) atoms. The summed E-state index contributed by atoms with van der Waals surface area (Å²) in [6, 6.07) is 12.8. The van der Waals surface area contributed by atoms with Crippen LogP contribution in [0.3, 0.4) is 0 Å². The number of para-hydroxylation sites is 1. The van der Waals surface area contributed by atoms with Crippen molar-refractivity contribution in [2.75, 3.05) is 19.2 Å². The van der Waals surface area contributed by atoms with Gasteiger partial charge in [-0.05, 0) is 30.2 Å². The van der Waals surface area contributed by atoms with Gasteiger partial charge in [0.25, 0.3) is 5.91 Å². The van der Waals surface area contributed by atoms with Crippen LogP contribution in [0.2, 0.25) is 0 Å². The highest BCUT2D eigenvalue weighted by Gasteiger charge is 2.19. The number of methoxy groups -OCH3 is 1. The normalized spacial score (nSPS) is 12.4. The van der Waals surface area contributed by atoms with E-state index in [1.165, 1.54) is 13.2 Å². The summed E-state index contributed by atoms with van der Waals surface area (Å²) in [5.74, 6) is 1.13. The number of hydrogen-bond donors (Lipinski definition) is 1. The number of nitriles is 1. The van der Waals surface area contributed by atoms with Crippen molar-refractivity contribution in [1.82, 2.24) is 0 Å². The van der Waals surface area contributed by atoms with Gasteiger partial charge in [-0.15, -0.1) is 0 Å². The van der Waals surface area contributed by atoms with Gasteiger partial charge in [-0.3, -0.25) is 4.79 Å². The highest BCUT2D eigenvalue weighted by molar-refractivity contribution is 6.10. The summed E-state index contributed by atoms with van der Waals surface area (Å²) in [6.07, 6.45) is 2.25. The lowest BCUT2D eigenvalue weighted by molar-refractivity contribution is -0.112. The number of hydrogen-bond acceptors (Lipinski definition) is 5. The zero-order valence-electron chi connectivity index (χ0n) is 14.5. The number of ether oxygens (including phenoxy) is 3. The van der Waals surface area contributed by atoms with Gasteiger partial charge in [0.2, 0.25) is 6.79 Å². The standard InChI is InChI=1S/C20H18N2O4/c1-3-13-6-4-5-7-16(13)22-20(23)15(11-21)8-14-9-18-19(26-12-25-18)10-17(14)24-2/h4-10H,3,12H2,1-2H3,(H,22,23)/b15-8+. The fraction of sp³-hybridized carbons (Fsp3) is 0.200.